The van der Waals surface area contributed by atoms with E-state index in [4.69, 9.17) is 11.6 Å². The molecular formula is C20H22ClNO. The summed E-state index contributed by atoms with van der Waals surface area (Å²) in [6.07, 6.45) is 2.38. The first-order valence-electron chi connectivity index (χ1n) is 8.44. The number of hydrogen-bond donors (Lipinski definition) is 1. The molecule has 3 aliphatic rings. The molecule has 3 heteroatoms. The largest absolute Gasteiger partial charge is 0.380 e. The summed E-state index contributed by atoms with van der Waals surface area (Å²) in [5, 5.41) is 12.6. The van der Waals surface area contributed by atoms with E-state index in [2.05, 4.69) is 4.90 Å². The Morgan fingerprint density at radius 1 is 0.913 bits per heavy atom. The van der Waals surface area contributed by atoms with Gasteiger partial charge in [0, 0.05) is 17.5 Å². The van der Waals surface area contributed by atoms with E-state index < -0.39 is 5.60 Å². The fourth-order valence-electron chi connectivity index (χ4n) is 4.43. The lowest BCUT2D eigenvalue weighted by Gasteiger charge is -2.51. The Labute approximate surface area is 142 Å². The molecule has 0 spiro atoms. The Bertz CT molecular complexity index is 664. The molecule has 1 N–H and O–H groups in total. The SMILES string of the molecule is OC(c1ccccc1)(c1ccc(Cl)cc1)C1C[N@]2CC[C@@H]1CC2. The van der Waals surface area contributed by atoms with Crippen LogP contribution in [0.25, 0.3) is 0 Å². The molecule has 2 bridgehead atoms. The molecule has 0 amide bonds. The van der Waals surface area contributed by atoms with Gasteiger partial charge in [-0.05, 0) is 55.1 Å². The van der Waals surface area contributed by atoms with Gasteiger partial charge in [0.2, 0.25) is 0 Å². The third-order valence-corrected chi connectivity index (χ3v) is 5.94. The second kappa shape index (κ2) is 5.94. The van der Waals surface area contributed by atoms with E-state index in [1.165, 1.54) is 25.9 Å². The lowest BCUT2D eigenvalue weighted by Crippen LogP contribution is -2.55. The number of aliphatic hydroxyl groups is 1. The summed E-state index contributed by atoms with van der Waals surface area (Å²) >= 11 is 6.07. The molecule has 5 rings (SSSR count). The van der Waals surface area contributed by atoms with Gasteiger partial charge < -0.3 is 10.0 Å². The van der Waals surface area contributed by atoms with Gasteiger partial charge >= 0.3 is 0 Å². The molecule has 2 aromatic carbocycles. The minimum atomic E-state index is -0.949. The van der Waals surface area contributed by atoms with Crippen LogP contribution >= 0.6 is 11.6 Å². The number of benzene rings is 2. The predicted octanol–water partition coefficient (Wildman–Crippen LogP) is 3.92. The Kier molecular flexibility index (Phi) is 3.92. The molecule has 3 heterocycles. The maximum atomic E-state index is 11.9. The zero-order valence-corrected chi connectivity index (χ0v) is 13.9. The van der Waals surface area contributed by atoms with E-state index in [0.29, 0.717) is 10.9 Å². The summed E-state index contributed by atoms with van der Waals surface area (Å²) < 4.78 is 0. The first-order chi connectivity index (χ1) is 11.2. The van der Waals surface area contributed by atoms with Crippen molar-refractivity contribution in [3.05, 3.63) is 70.7 Å². The molecule has 2 atom stereocenters. The topological polar surface area (TPSA) is 23.5 Å². The molecule has 0 aromatic heterocycles. The molecule has 23 heavy (non-hydrogen) atoms. The summed E-state index contributed by atoms with van der Waals surface area (Å²) in [6, 6.07) is 17.8. The smallest absolute Gasteiger partial charge is 0.119 e. The number of fused-ring (bicyclic) bond motifs is 3. The summed E-state index contributed by atoms with van der Waals surface area (Å²) in [5.74, 6) is 0.814. The number of nitrogens with zero attached hydrogens (tertiary/aromatic N) is 1. The Morgan fingerprint density at radius 2 is 1.52 bits per heavy atom. The Hall–Kier alpha value is -1.35. The molecule has 3 fully saturated rings. The molecule has 2 nitrogen and oxygen atoms in total. The van der Waals surface area contributed by atoms with Gasteiger partial charge in [0.25, 0.3) is 0 Å². The summed E-state index contributed by atoms with van der Waals surface area (Å²) in [4.78, 5) is 2.49. The number of hydrogen-bond acceptors (Lipinski definition) is 2. The van der Waals surface area contributed by atoms with Gasteiger partial charge in [-0.15, -0.1) is 0 Å². The molecule has 0 radical (unpaired) electrons. The minimum Gasteiger partial charge on any atom is -0.380 e. The van der Waals surface area contributed by atoms with Crippen molar-refractivity contribution < 1.29 is 5.11 Å². The maximum absolute atomic E-state index is 11.9. The maximum Gasteiger partial charge on any atom is 0.119 e. The van der Waals surface area contributed by atoms with Crippen LogP contribution in [-0.4, -0.2) is 29.6 Å². The monoisotopic (exact) mass is 327 g/mol. The zero-order chi connectivity index (χ0) is 15.9. The standard InChI is InChI=1S/C20H22ClNO/c21-18-8-6-17(7-9-18)20(23,16-4-2-1-3-5-16)19-14-22-12-10-15(19)11-13-22/h1-9,15,19,23H,10-14H2. The quantitative estimate of drug-likeness (QED) is 0.923. The first-order valence-corrected chi connectivity index (χ1v) is 8.82. The number of rotatable bonds is 3. The average Bonchev–Trinajstić information content (AvgIpc) is 2.63. The lowest BCUT2D eigenvalue weighted by atomic mass is 9.65. The molecule has 0 aliphatic carbocycles. The van der Waals surface area contributed by atoms with E-state index in [1.54, 1.807) is 0 Å². The molecule has 2 aromatic rings. The molecular weight excluding hydrogens is 306 g/mol. The normalized spacial score (nSPS) is 29.2. The zero-order valence-electron chi connectivity index (χ0n) is 13.2. The summed E-state index contributed by atoms with van der Waals surface area (Å²) in [7, 11) is 0. The average molecular weight is 328 g/mol. The Balaban J connectivity index is 1.82. The third-order valence-electron chi connectivity index (χ3n) is 5.69. The van der Waals surface area contributed by atoms with Crippen LogP contribution in [0.5, 0.6) is 0 Å². The van der Waals surface area contributed by atoms with Crippen molar-refractivity contribution in [1.29, 1.82) is 0 Å². The molecule has 120 valence electrons. The fraction of sp³-hybridized carbons (Fsp3) is 0.400. The highest BCUT2D eigenvalue weighted by Crippen LogP contribution is 2.47. The molecule has 3 aliphatic heterocycles. The third kappa shape index (κ3) is 2.59. The fourth-order valence-corrected chi connectivity index (χ4v) is 4.56. The van der Waals surface area contributed by atoms with Crippen LogP contribution in [0.2, 0.25) is 5.02 Å². The van der Waals surface area contributed by atoms with E-state index in [0.717, 1.165) is 17.7 Å². The van der Waals surface area contributed by atoms with Crippen LogP contribution in [0.4, 0.5) is 0 Å². The van der Waals surface area contributed by atoms with Crippen molar-refractivity contribution in [1.82, 2.24) is 4.90 Å². The van der Waals surface area contributed by atoms with Gasteiger partial charge in [0.15, 0.2) is 0 Å². The van der Waals surface area contributed by atoms with Crippen molar-refractivity contribution in [2.45, 2.75) is 18.4 Å². The highest BCUT2D eigenvalue weighted by Gasteiger charge is 2.48. The van der Waals surface area contributed by atoms with Crippen molar-refractivity contribution >= 4 is 11.6 Å². The lowest BCUT2D eigenvalue weighted by molar-refractivity contribution is -0.0764. The van der Waals surface area contributed by atoms with Gasteiger partial charge in [0.1, 0.15) is 5.60 Å². The van der Waals surface area contributed by atoms with Crippen molar-refractivity contribution in [2.75, 3.05) is 19.6 Å². The van der Waals surface area contributed by atoms with Crippen LogP contribution in [0.3, 0.4) is 0 Å². The second-order valence-electron chi connectivity index (χ2n) is 6.88. The van der Waals surface area contributed by atoms with Gasteiger partial charge in [-0.25, -0.2) is 0 Å². The van der Waals surface area contributed by atoms with Crippen molar-refractivity contribution in [2.24, 2.45) is 11.8 Å². The second-order valence-corrected chi connectivity index (χ2v) is 7.32. The van der Waals surface area contributed by atoms with Crippen LogP contribution in [0.15, 0.2) is 54.6 Å². The van der Waals surface area contributed by atoms with Gasteiger partial charge in [-0.1, -0.05) is 54.1 Å². The number of halogens is 1. The highest BCUT2D eigenvalue weighted by atomic mass is 35.5. The minimum absolute atomic E-state index is 0.230. The van der Waals surface area contributed by atoms with E-state index >= 15 is 0 Å². The molecule has 0 saturated carbocycles. The van der Waals surface area contributed by atoms with Crippen LogP contribution < -0.4 is 0 Å². The van der Waals surface area contributed by atoms with Gasteiger partial charge in [-0.3, -0.25) is 0 Å². The van der Waals surface area contributed by atoms with Crippen molar-refractivity contribution in [3.8, 4) is 0 Å². The van der Waals surface area contributed by atoms with E-state index in [1.807, 2.05) is 54.6 Å². The van der Waals surface area contributed by atoms with Gasteiger partial charge in [-0.2, -0.15) is 0 Å². The summed E-state index contributed by atoms with van der Waals surface area (Å²) in [6.45, 7) is 3.32. The molecule has 3 saturated heterocycles. The van der Waals surface area contributed by atoms with Crippen molar-refractivity contribution in [3.63, 3.8) is 0 Å². The molecule has 2 unspecified atom stereocenters. The van der Waals surface area contributed by atoms with E-state index in [-0.39, 0.29) is 5.92 Å². The van der Waals surface area contributed by atoms with E-state index in [9.17, 15) is 5.11 Å². The first kappa shape index (κ1) is 15.2. The Morgan fingerprint density at radius 3 is 2.09 bits per heavy atom. The number of piperidine rings is 3. The van der Waals surface area contributed by atoms with Gasteiger partial charge in [0.05, 0.1) is 0 Å². The summed E-state index contributed by atoms with van der Waals surface area (Å²) in [5.41, 5.74) is 0.989. The van der Waals surface area contributed by atoms with Crippen LogP contribution in [-0.2, 0) is 5.60 Å². The van der Waals surface area contributed by atoms with Crippen LogP contribution in [0.1, 0.15) is 24.0 Å². The predicted molar refractivity (Wildman–Crippen MR) is 93.5 cm³/mol. The van der Waals surface area contributed by atoms with Crippen LogP contribution in [0, 0.1) is 11.8 Å². The highest BCUT2D eigenvalue weighted by molar-refractivity contribution is 6.30.